The molecule has 0 unspecified atom stereocenters. The molecule has 0 spiro atoms. The number of pyridine rings is 2. The number of piperazine rings is 1. The number of nitrogens with zero attached hydrogens (tertiary/aromatic N) is 5. The van der Waals surface area contributed by atoms with Gasteiger partial charge in [-0.25, -0.2) is 4.98 Å². The number of nitriles is 1. The van der Waals surface area contributed by atoms with Gasteiger partial charge in [0, 0.05) is 69.3 Å². The van der Waals surface area contributed by atoms with Crippen molar-refractivity contribution in [2.24, 2.45) is 7.05 Å². The summed E-state index contributed by atoms with van der Waals surface area (Å²) in [5.74, 6) is 0. The topological polar surface area (TPSA) is 101 Å². The number of hydrogen-bond acceptors (Lipinski definition) is 7. The lowest BCUT2D eigenvalue weighted by atomic mass is 10.0. The van der Waals surface area contributed by atoms with Crippen molar-refractivity contribution < 1.29 is 0 Å². The van der Waals surface area contributed by atoms with Gasteiger partial charge in [-0.1, -0.05) is 12.1 Å². The Bertz CT molecular complexity index is 1310. The number of nitrogens with one attached hydrogen (secondary N) is 2. The van der Waals surface area contributed by atoms with Gasteiger partial charge in [0.2, 0.25) is 0 Å². The summed E-state index contributed by atoms with van der Waals surface area (Å²) in [6.45, 7) is 6.61. The molecule has 1 aliphatic rings. The van der Waals surface area contributed by atoms with Gasteiger partial charge in [-0.15, -0.1) is 0 Å². The second-order valence-corrected chi connectivity index (χ2v) is 8.66. The zero-order valence-corrected chi connectivity index (χ0v) is 19.5. The fourth-order valence-corrected chi connectivity index (χ4v) is 4.71. The summed E-state index contributed by atoms with van der Waals surface area (Å²) in [4.78, 5) is 21.9. The van der Waals surface area contributed by atoms with Crippen LogP contribution in [0.5, 0.6) is 0 Å². The predicted octanol–water partition coefficient (Wildman–Crippen LogP) is 2.94. The Morgan fingerprint density at radius 2 is 2.03 bits per heavy atom. The molecule has 170 valence electrons. The molecule has 4 rings (SSSR count). The van der Waals surface area contributed by atoms with Gasteiger partial charge in [0.1, 0.15) is 17.3 Å². The summed E-state index contributed by atoms with van der Waals surface area (Å²) < 4.78 is 1.57. The molecule has 2 atom stereocenters. The van der Waals surface area contributed by atoms with Crippen molar-refractivity contribution in [3.63, 3.8) is 0 Å². The molecule has 1 saturated heterocycles. The Morgan fingerprint density at radius 1 is 1.24 bits per heavy atom. The minimum Gasteiger partial charge on any atom is -0.388 e. The highest BCUT2D eigenvalue weighted by Crippen LogP contribution is 2.30. The molecular weight excluding hydrogens is 414 g/mol. The Kier molecular flexibility index (Phi) is 6.16. The fourth-order valence-electron chi connectivity index (χ4n) is 4.71. The summed E-state index contributed by atoms with van der Waals surface area (Å²) in [6, 6.07) is 13.6. The predicted molar refractivity (Wildman–Crippen MR) is 132 cm³/mol. The number of benzene rings is 1. The number of anilines is 2. The average molecular weight is 444 g/mol. The van der Waals surface area contributed by atoms with Crippen molar-refractivity contribution >= 4 is 28.6 Å². The molecular formula is C25H29N7O. The molecule has 0 bridgehead atoms. The third-order valence-electron chi connectivity index (χ3n) is 6.59. The van der Waals surface area contributed by atoms with Gasteiger partial charge < -0.3 is 20.2 Å². The van der Waals surface area contributed by atoms with Gasteiger partial charge in [0.25, 0.3) is 5.56 Å². The van der Waals surface area contributed by atoms with Crippen LogP contribution < -0.4 is 15.8 Å². The minimum absolute atomic E-state index is 0.0919. The summed E-state index contributed by atoms with van der Waals surface area (Å²) in [5.41, 5.74) is 5.40. The zero-order valence-electron chi connectivity index (χ0n) is 19.5. The van der Waals surface area contributed by atoms with Gasteiger partial charge >= 0.3 is 0 Å². The molecule has 0 amide bonds. The van der Waals surface area contributed by atoms with Crippen LogP contribution in [-0.2, 0) is 13.6 Å². The van der Waals surface area contributed by atoms with Crippen LogP contribution in [0.25, 0.3) is 11.0 Å². The number of hydrogen-bond donors (Lipinski definition) is 2. The first-order chi connectivity index (χ1) is 15.9. The van der Waals surface area contributed by atoms with E-state index in [0.29, 0.717) is 11.2 Å². The fraction of sp³-hybridized carbons (Fsp3) is 0.360. The molecule has 3 heterocycles. The number of fused-ring (bicyclic) bond motifs is 1. The quantitative estimate of drug-likeness (QED) is 0.588. The normalized spacial score (nSPS) is 18.8. The molecule has 8 nitrogen and oxygen atoms in total. The summed E-state index contributed by atoms with van der Waals surface area (Å²) in [5, 5.41) is 20.4. The van der Waals surface area contributed by atoms with Crippen molar-refractivity contribution in [1.82, 2.24) is 14.5 Å². The molecule has 8 heteroatoms. The second kappa shape index (κ2) is 9.04. The van der Waals surface area contributed by atoms with E-state index in [9.17, 15) is 10.1 Å². The second-order valence-electron chi connectivity index (χ2n) is 8.66. The number of aryl methyl sites for hydroxylation is 1. The molecule has 33 heavy (non-hydrogen) atoms. The number of aromatic nitrogens is 2. The van der Waals surface area contributed by atoms with Gasteiger partial charge in [0.15, 0.2) is 0 Å². The van der Waals surface area contributed by atoms with Gasteiger partial charge in [-0.05, 0) is 37.6 Å². The van der Waals surface area contributed by atoms with E-state index in [1.165, 1.54) is 6.21 Å². The number of rotatable bonds is 5. The van der Waals surface area contributed by atoms with Crippen molar-refractivity contribution in [3.8, 4) is 6.07 Å². The third kappa shape index (κ3) is 4.08. The molecule has 0 aliphatic carbocycles. The van der Waals surface area contributed by atoms with E-state index in [1.54, 1.807) is 29.8 Å². The lowest BCUT2D eigenvalue weighted by Crippen LogP contribution is -2.56. The Balaban J connectivity index is 1.67. The van der Waals surface area contributed by atoms with Crippen LogP contribution in [-0.4, -0.2) is 52.9 Å². The molecule has 0 saturated carbocycles. The maximum Gasteiger partial charge on any atom is 0.252 e. The maximum absolute atomic E-state index is 12.7. The molecule has 1 aromatic carbocycles. The minimum atomic E-state index is -0.0919. The van der Waals surface area contributed by atoms with E-state index in [4.69, 9.17) is 5.41 Å². The highest BCUT2D eigenvalue weighted by Gasteiger charge is 2.31. The van der Waals surface area contributed by atoms with E-state index in [0.717, 1.165) is 47.7 Å². The molecule has 3 aromatic rings. The smallest absolute Gasteiger partial charge is 0.252 e. The SMILES string of the molecule is CNc1cccc(CN2C[C@H](C)N(c3cc(=O)n(C)c4ccc(C#N)nc34)C[C@H]2C)c1C=N. The largest absolute Gasteiger partial charge is 0.388 e. The van der Waals surface area contributed by atoms with Crippen LogP contribution in [0.15, 0.2) is 41.2 Å². The first kappa shape index (κ1) is 22.5. The van der Waals surface area contributed by atoms with Gasteiger partial charge in [-0.2, -0.15) is 5.26 Å². The standard InChI is InChI=1S/C25H29N7O/c1-16-14-32(23-10-24(33)30(4)22-9-8-19(11-26)29-25(22)23)17(2)13-31(16)15-18-6-5-7-21(28-3)20(18)12-27/h5-10,12,16-17,27-28H,13-15H2,1-4H3/t16-,17+/m1/s1. The van der Waals surface area contributed by atoms with Crippen LogP contribution in [0.4, 0.5) is 11.4 Å². The Labute approximate surface area is 193 Å². The van der Waals surface area contributed by atoms with E-state index in [2.05, 4.69) is 46.1 Å². The summed E-state index contributed by atoms with van der Waals surface area (Å²) in [7, 11) is 3.60. The first-order valence-electron chi connectivity index (χ1n) is 11.1. The highest BCUT2D eigenvalue weighted by molar-refractivity contribution is 5.89. The lowest BCUT2D eigenvalue weighted by molar-refractivity contribution is 0.158. The monoisotopic (exact) mass is 443 g/mol. The van der Waals surface area contributed by atoms with E-state index >= 15 is 0 Å². The molecule has 2 N–H and O–H groups in total. The zero-order chi connectivity index (χ0) is 23.7. The van der Waals surface area contributed by atoms with Gasteiger partial charge in [0.05, 0.1) is 11.2 Å². The van der Waals surface area contributed by atoms with Crippen molar-refractivity contribution in [2.45, 2.75) is 32.5 Å². The van der Waals surface area contributed by atoms with Crippen LogP contribution in [0.3, 0.4) is 0 Å². The lowest BCUT2D eigenvalue weighted by Gasteiger charge is -2.45. The first-order valence-corrected chi connectivity index (χ1v) is 11.1. The molecule has 2 aromatic heterocycles. The van der Waals surface area contributed by atoms with E-state index < -0.39 is 0 Å². The molecule has 0 radical (unpaired) electrons. The molecule has 1 fully saturated rings. The van der Waals surface area contributed by atoms with Crippen LogP contribution in [0, 0.1) is 16.7 Å². The van der Waals surface area contributed by atoms with E-state index in [-0.39, 0.29) is 17.6 Å². The van der Waals surface area contributed by atoms with E-state index in [1.807, 2.05) is 19.2 Å². The Morgan fingerprint density at radius 3 is 2.73 bits per heavy atom. The summed E-state index contributed by atoms with van der Waals surface area (Å²) >= 11 is 0. The van der Waals surface area contributed by atoms with Crippen LogP contribution >= 0.6 is 0 Å². The Hall–Kier alpha value is -3.70. The van der Waals surface area contributed by atoms with Crippen LogP contribution in [0.2, 0.25) is 0 Å². The highest BCUT2D eigenvalue weighted by atomic mass is 16.1. The average Bonchev–Trinajstić information content (AvgIpc) is 2.83. The maximum atomic E-state index is 12.7. The van der Waals surface area contributed by atoms with Crippen LogP contribution in [0.1, 0.15) is 30.7 Å². The van der Waals surface area contributed by atoms with Crippen molar-refractivity contribution in [1.29, 1.82) is 10.7 Å². The summed E-state index contributed by atoms with van der Waals surface area (Å²) in [6.07, 6.45) is 1.41. The third-order valence-corrected chi connectivity index (χ3v) is 6.59. The molecule has 1 aliphatic heterocycles. The van der Waals surface area contributed by atoms with Crippen molar-refractivity contribution in [3.05, 3.63) is 63.6 Å². The van der Waals surface area contributed by atoms with Crippen molar-refractivity contribution in [2.75, 3.05) is 30.4 Å². The van der Waals surface area contributed by atoms with Gasteiger partial charge in [-0.3, -0.25) is 9.69 Å².